The van der Waals surface area contributed by atoms with Crippen molar-refractivity contribution in [2.75, 3.05) is 6.61 Å². The lowest BCUT2D eigenvalue weighted by atomic mass is 9.99. The highest BCUT2D eigenvalue weighted by Crippen LogP contribution is 2.28. The van der Waals surface area contributed by atoms with E-state index in [-0.39, 0.29) is 12.4 Å². The zero-order valence-corrected chi connectivity index (χ0v) is 11.1. The summed E-state index contributed by atoms with van der Waals surface area (Å²) in [7, 11) is 0. The van der Waals surface area contributed by atoms with Gasteiger partial charge in [-0.1, -0.05) is 19.1 Å². The number of ether oxygens (including phenoxy) is 1. The SMILES string of the molecule is CCOC(=O)C(=O)C1Cc2ccc(CC)cc2C1=O. The fraction of sp³-hybridized carbons (Fsp3) is 0.400. The fourth-order valence-electron chi connectivity index (χ4n) is 2.31. The Bertz CT molecular complexity index is 545. The second-order valence-electron chi connectivity index (χ2n) is 4.55. The van der Waals surface area contributed by atoms with Gasteiger partial charge < -0.3 is 4.74 Å². The lowest BCUT2D eigenvalue weighted by molar-refractivity contribution is -0.154. The molecule has 0 aromatic heterocycles. The van der Waals surface area contributed by atoms with Gasteiger partial charge in [0.25, 0.3) is 5.78 Å². The van der Waals surface area contributed by atoms with Crippen molar-refractivity contribution in [3.05, 3.63) is 34.9 Å². The average molecular weight is 260 g/mol. The molecule has 0 bridgehead atoms. The van der Waals surface area contributed by atoms with Crippen molar-refractivity contribution in [2.24, 2.45) is 5.92 Å². The van der Waals surface area contributed by atoms with Crippen LogP contribution in [0.1, 0.15) is 35.3 Å². The van der Waals surface area contributed by atoms with Gasteiger partial charge in [0.1, 0.15) is 0 Å². The third-order valence-electron chi connectivity index (χ3n) is 3.38. The van der Waals surface area contributed by atoms with Gasteiger partial charge in [-0.2, -0.15) is 0 Å². The van der Waals surface area contributed by atoms with E-state index in [4.69, 9.17) is 0 Å². The Morgan fingerprint density at radius 3 is 2.68 bits per heavy atom. The second kappa shape index (κ2) is 5.34. The Morgan fingerprint density at radius 1 is 1.32 bits per heavy atom. The van der Waals surface area contributed by atoms with Crippen LogP contribution in [-0.4, -0.2) is 24.1 Å². The van der Waals surface area contributed by atoms with Gasteiger partial charge in [-0.05, 0) is 37.0 Å². The molecule has 0 saturated carbocycles. The predicted octanol–water partition coefficient (Wildman–Crippen LogP) is 1.74. The summed E-state index contributed by atoms with van der Waals surface area (Å²) in [4.78, 5) is 35.5. The maximum atomic E-state index is 12.2. The first kappa shape index (κ1) is 13.5. The zero-order valence-electron chi connectivity index (χ0n) is 11.1. The molecule has 19 heavy (non-hydrogen) atoms. The van der Waals surface area contributed by atoms with Gasteiger partial charge in [-0.15, -0.1) is 0 Å². The van der Waals surface area contributed by atoms with Crippen molar-refractivity contribution in [2.45, 2.75) is 26.7 Å². The molecular formula is C15H16O4. The molecule has 0 radical (unpaired) electrons. The van der Waals surface area contributed by atoms with Crippen LogP contribution in [-0.2, 0) is 27.2 Å². The molecule has 1 aromatic rings. The van der Waals surface area contributed by atoms with E-state index in [1.165, 1.54) is 0 Å². The summed E-state index contributed by atoms with van der Waals surface area (Å²) in [5.41, 5.74) is 2.46. The highest BCUT2D eigenvalue weighted by atomic mass is 16.5. The number of Topliss-reactive ketones (excluding diaryl/α,β-unsaturated/α-hetero) is 2. The molecule has 4 nitrogen and oxygen atoms in total. The molecule has 1 unspecified atom stereocenters. The monoisotopic (exact) mass is 260 g/mol. The Labute approximate surface area is 111 Å². The van der Waals surface area contributed by atoms with Gasteiger partial charge in [0, 0.05) is 5.56 Å². The van der Waals surface area contributed by atoms with Crippen LogP contribution in [0.15, 0.2) is 18.2 Å². The third kappa shape index (κ3) is 2.43. The summed E-state index contributed by atoms with van der Waals surface area (Å²) in [6, 6.07) is 5.63. The van der Waals surface area contributed by atoms with Crippen molar-refractivity contribution < 1.29 is 19.1 Å². The molecule has 1 aliphatic rings. The van der Waals surface area contributed by atoms with Crippen molar-refractivity contribution in [3.8, 4) is 0 Å². The summed E-state index contributed by atoms with van der Waals surface area (Å²) in [6.45, 7) is 3.77. The van der Waals surface area contributed by atoms with Crippen LogP contribution in [0.3, 0.4) is 0 Å². The average Bonchev–Trinajstić information content (AvgIpc) is 2.75. The number of ketones is 2. The quantitative estimate of drug-likeness (QED) is 0.470. The summed E-state index contributed by atoms with van der Waals surface area (Å²) < 4.78 is 4.67. The van der Waals surface area contributed by atoms with E-state index in [1.54, 1.807) is 6.92 Å². The van der Waals surface area contributed by atoms with Crippen molar-refractivity contribution in [1.29, 1.82) is 0 Å². The maximum Gasteiger partial charge on any atom is 0.375 e. The maximum absolute atomic E-state index is 12.2. The fourth-order valence-corrected chi connectivity index (χ4v) is 2.31. The van der Waals surface area contributed by atoms with Crippen LogP contribution < -0.4 is 0 Å². The minimum absolute atomic E-state index is 0.137. The normalized spacial score (nSPS) is 17.2. The highest BCUT2D eigenvalue weighted by Gasteiger charge is 2.39. The predicted molar refractivity (Wildman–Crippen MR) is 69.0 cm³/mol. The molecule has 2 rings (SSSR count). The van der Waals surface area contributed by atoms with Gasteiger partial charge in [-0.3, -0.25) is 9.59 Å². The van der Waals surface area contributed by atoms with E-state index in [0.29, 0.717) is 12.0 Å². The number of fused-ring (bicyclic) bond motifs is 1. The number of carbonyl (C=O) groups excluding carboxylic acids is 3. The van der Waals surface area contributed by atoms with E-state index in [0.717, 1.165) is 17.5 Å². The van der Waals surface area contributed by atoms with Crippen molar-refractivity contribution in [1.82, 2.24) is 0 Å². The summed E-state index contributed by atoms with van der Waals surface area (Å²) >= 11 is 0. The molecule has 0 heterocycles. The minimum Gasteiger partial charge on any atom is -0.460 e. The van der Waals surface area contributed by atoms with Gasteiger partial charge >= 0.3 is 5.97 Å². The van der Waals surface area contributed by atoms with Crippen LogP contribution in [0.4, 0.5) is 0 Å². The number of esters is 1. The number of hydrogen-bond donors (Lipinski definition) is 0. The minimum atomic E-state index is -0.913. The van der Waals surface area contributed by atoms with Gasteiger partial charge in [0.05, 0.1) is 12.5 Å². The van der Waals surface area contributed by atoms with Gasteiger partial charge in [-0.25, -0.2) is 4.79 Å². The first-order chi connectivity index (χ1) is 9.08. The van der Waals surface area contributed by atoms with Gasteiger partial charge in [0.15, 0.2) is 5.78 Å². The number of aryl methyl sites for hydroxylation is 1. The second-order valence-corrected chi connectivity index (χ2v) is 4.55. The lowest BCUT2D eigenvalue weighted by Gasteiger charge is -2.05. The molecular weight excluding hydrogens is 244 g/mol. The molecule has 0 N–H and O–H groups in total. The lowest BCUT2D eigenvalue weighted by Crippen LogP contribution is -2.29. The first-order valence-corrected chi connectivity index (χ1v) is 6.45. The van der Waals surface area contributed by atoms with Crippen LogP contribution in [0.25, 0.3) is 0 Å². The topological polar surface area (TPSA) is 60.4 Å². The van der Waals surface area contributed by atoms with Crippen molar-refractivity contribution >= 4 is 17.5 Å². The van der Waals surface area contributed by atoms with Gasteiger partial charge in [0.2, 0.25) is 0 Å². The molecule has 0 saturated heterocycles. The number of hydrogen-bond acceptors (Lipinski definition) is 4. The zero-order chi connectivity index (χ0) is 14.0. The van der Waals surface area contributed by atoms with E-state index >= 15 is 0 Å². The molecule has 1 aromatic carbocycles. The van der Waals surface area contributed by atoms with Crippen LogP contribution >= 0.6 is 0 Å². The standard InChI is InChI=1S/C15H16O4/c1-3-9-5-6-10-8-12(13(16)11(10)7-9)14(17)15(18)19-4-2/h5-7,12H,3-4,8H2,1-2H3. The summed E-state index contributed by atoms with van der Waals surface area (Å²) in [5, 5.41) is 0. The first-order valence-electron chi connectivity index (χ1n) is 6.45. The Balaban J connectivity index is 2.23. The molecule has 1 atom stereocenters. The van der Waals surface area contributed by atoms with E-state index in [1.807, 2.05) is 25.1 Å². The Morgan fingerprint density at radius 2 is 2.05 bits per heavy atom. The largest absolute Gasteiger partial charge is 0.460 e. The molecule has 100 valence electrons. The van der Waals surface area contributed by atoms with E-state index in [9.17, 15) is 14.4 Å². The molecule has 0 fully saturated rings. The van der Waals surface area contributed by atoms with Crippen LogP contribution in [0.5, 0.6) is 0 Å². The molecule has 1 aliphatic carbocycles. The number of benzene rings is 1. The molecule has 0 aliphatic heterocycles. The van der Waals surface area contributed by atoms with E-state index in [2.05, 4.69) is 4.74 Å². The Kier molecular flexibility index (Phi) is 3.79. The highest BCUT2D eigenvalue weighted by molar-refractivity contribution is 6.40. The third-order valence-corrected chi connectivity index (χ3v) is 3.38. The number of rotatable bonds is 4. The molecule has 0 spiro atoms. The number of carbonyl (C=O) groups is 3. The molecule has 0 amide bonds. The summed E-state index contributed by atoms with van der Waals surface area (Å²) in [5.74, 6) is -2.81. The van der Waals surface area contributed by atoms with Crippen molar-refractivity contribution in [3.63, 3.8) is 0 Å². The Hall–Kier alpha value is -1.97. The smallest absolute Gasteiger partial charge is 0.375 e. The van der Waals surface area contributed by atoms with Crippen LogP contribution in [0, 0.1) is 5.92 Å². The van der Waals surface area contributed by atoms with Crippen LogP contribution in [0.2, 0.25) is 0 Å². The van der Waals surface area contributed by atoms with E-state index < -0.39 is 17.7 Å². The summed E-state index contributed by atoms with van der Waals surface area (Å²) in [6.07, 6.45) is 1.13. The molecule has 4 heteroatoms.